The Morgan fingerprint density at radius 1 is 1.53 bits per heavy atom. The summed E-state index contributed by atoms with van der Waals surface area (Å²) >= 11 is 0. The van der Waals surface area contributed by atoms with Crippen molar-refractivity contribution in [3.05, 3.63) is 35.6 Å². The van der Waals surface area contributed by atoms with Crippen LogP contribution in [0.3, 0.4) is 0 Å². The molecule has 1 unspecified atom stereocenters. The maximum atomic E-state index is 13.7. The summed E-state index contributed by atoms with van der Waals surface area (Å²) in [6, 6.07) is 5.92. The first-order chi connectivity index (χ1) is 8.22. The van der Waals surface area contributed by atoms with Crippen molar-refractivity contribution in [2.45, 2.75) is 31.8 Å². The molecular weight excluding hydrogens is 221 g/mol. The van der Waals surface area contributed by atoms with Crippen molar-refractivity contribution >= 4 is 5.97 Å². The van der Waals surface area contributed by atoms with E-state index in [1.807, 2.05) is 0 Å². The minimum Gasteiger partial charge on any atom is -0.465 e. The van der Waals surface area contributed by atoms with Crippen molar-refractivity contribution < 1.29 is 13.9 Å². The second kappa shape index (κ2) is 5.27. The maximum absolute atomic E-state index is 13.7. The van der Waals surface area contributed by atoms with Gasteiger partial charge in [-0.2, -0.15) is 0 Å². The van der Waals surface area contributed by atoms with E-state index in [-0.39, 0.29) is 5.82 Å². The molecule has 1 aromatic carbocycles. The van der Waals surface area contributed by atoms with Crippen LogP contribution in [0.5, 0.6) is 0 Å². The lowest BCUT2D eigenvalue weighted by Crippen LogP contribution is -2.32. The van der Waals surface area contributed by atoms with Crippen LogP contribution < -0.4 is 5.32 Å². The van der Waals surface area contributed by atoms with E-state index in [2.05, 4.69) is 5.32 Å². The molecule has 0 saturated heterocycles. The number of nitrogens with one attached hydrogen (secondary N) is 1. The molecule has 3 nitrogen and oxygen atoms in total. The highest BCUT2D eigenvalue weighted by Crippen LogP contribution is 2.26. The third-order valence-electron chi connectivity index (χ3n) is 2.72. The van der Waals surface area contributed by atoms with Gasteiger partial charge in [0.2, 0.25) is 0 Å². The smallest absolute Gasteiger partial charge is 0.327 e. The fraction of sp³-hybridized carbons (Fsp3) is 0.462. The Balaban J connectivity index is 2.19. The van der Waals surface area contributed by atoms with Gasteiger partial charge in [-0.15, -0.1) is 0 Å². The van der Waals surface area contributed by atoms with Crippen LogP contribution in [0.4, 0.5) is 4.39 Å². The van der Waals surface area contributed by atoms with Crippen LogP contribution in [-0.2, 0) is 9.53 Å². The van der Waals surface area contributed by atoms with Gasteiger partial charge in [-0.3, -0.25) is 5.32 Å². The average molecular weight is 237 g/mol. The minimum absolute atomic E-state index is 0.302. The number of carbonyl (C=O) groups is 1. The predicted molar refractivity (Wildman–Crippen MR) is 61.9 cm³/mol. The summed E-state index contributed by atoms with van der Waals surface area (Å²) in [5.74, 6) is -0.789. The van der Waals surface area contributed by atoms with Gasteiger partial charge < -0.3 is 4.74 Å². The van der Waals surface area contributed by atoms with Crippen molar-refractivity contribution in [1.82, 2.24) is 5.32 Å². The number of hydrogen-bond acceptors (Lipinski definition) is 3. The SMILES string of the molecule is CCOC(=O)C(NC1CC1)c1ccccc1F. The normalized spacial score (nSPS) is 16.6. The molecule has 0 spiro atoms. The molecule has 1 aliphatic rings. The third-order valence-corrected chi connectivity index (χ3v) is 2.72. The van der Waals surface area contributed by atoms with Crippen LogP contribution in [0.1, 0.15) is 31.4 Å². The number of esters is 1. The zero-order valence-electron chi connectivity index (χ0n) is 9.78. The monoisotopic (exact) mass is 237 g/mol. The first-order valence-corrected chi connectivity index (χ1v) is 5.89. The molecule has 0 aromatic heterocycles. The van der Waals surface area contributed by atoms with Gasteiger partial charge in [0.15, 0.2) is 0 Å². The fourth-order valence-corrected chi connectivity index (χ4v) is 1.71. The lowest BCUT2D eigenvalue weighted by atomic mass is 10.1. The Morgan fingerprint density at radius 2 is 2.24 bits per heavy atom. The quantitative estimate of drug-likeness (QED) is 0.798. The molecule has 17 heavy (non-hydrogen) atoms. The fourth-order valence-electron chi connectivity index (χ4n) is 1.71. The van der Waals surface area contributed by atoms with Gasteiger partial charge in [0, 0.05) is 11.6 Å². The summed E-state index contributed by atoms with van der Waals surface area (Å²) in [5.41, 5.74) is 0.359. The predicted octanol–water partition coefficient (Wildman–Crippen LogP) is 2.18. The van der Waals surface area contributed by atoms with Crippen LogP contribution >= 0.6 is 0 Å². The lowest BCUT2D eigenvalue weighted by molar-refractivity contribution is -0.146. The Bertz CT molecular complexity index is 404. The van der Waals surface area contributed by atoms with Crippen molar-refractivity contribution in [3.8, 4) is 0 Å². The minimum atomic E-state index is -0.691. The zero-order chi connectivity index (χ0) is 12.3. The molecule has 1 aliphatic carbocycles. The lowest BCUT2D eigenvalue weighted by Gasteiger charge is -2.17. The van der Waals surface area contributed by atoms with E-state index < -0.39 is 12.0 Å². The molecule has 0 amide bonds. The number of ether oxygens (including phenoxy) is 1. The highest BCUT2D eigenvalue weighted by molar-refractivity contribution is 5.77. The zero-order valence-corrected chi connectivity index (χ0v) is 9.78. The Morgan fingerprint density at radius 3 is 2.82 bits per heavy atom. The topological polar surface area (TPSA) is 38.3 Å². The van der Waals surface area contributed by atoms with E-state index in [1.54, 1.807) is 25.1 Å². The molecule has 92 valence electrons. The van der Waals surface area contributed by atoms with Gasteiger partial charge in [0.1, 0.15) is 11.9 Å². The summed E-state index contributed by atoms with van der Waals surface area (Å²) in [7, 11) is 0. The van der Waals surface area contributed by atoms with Crippen LogP contribution in [0.2, 0.25) is 0 Å². The number of benzene rings is 1. The van der Waals surface area contributed by atoms with E-state index in [0.29, 0.717) is 18.2 Å². The van der Waals surface area contributed by atoms with Crippen LogP contribution in [0, 0.1) is 5.82 Å². The van der Waals surface area contributed by atoms with E-state index in [0.717, 1.165) is 12.8 Å². The molecule has 0 aliphatic heterocycles. The molecule has 0 radical (unpaired) electrons. The van der Waals surface area contributed by atoms with Crippen LogP contribution in [-0.4, -0.2) is 18.6 Å². The maximum Gasteiger partial charge on any atom is 0.327 e. The third kappa shape index (κ3) is 3.03. The summed E-state index contributed by atoms with van der Waals surface area (Å²) in [6.45, 7) is 2.05. The first kappa shape index (κ1) is 12.0. The van der Waals surface area contributed by atoms with E-state index in [9.17, 15) is 9.18 Å². The summed E-state index contributed by atoms with van der Waals surface area (Å²) in [6.07, 6.45) is 2.06. The van der Waals surface area contributed by atoms with Crippen molar-refractivity contribution in [3.63, 3.8) is 0 Å². The molecule has 4 heteroatoms. The molecule has 1 atom stereocenters. The van der Waals surface area contributed by atoms with Gasteiger partial charge in [-0.1, -0.05) is 18.2 Å². The highest BCUT2D eigenvalue weighted by atomic mass is 19.1. The molecule has 1 saturated carbocycles. The van der Waals surface area contributed by atoms with Crippen LogP contribution in [0.25, 0.3) is 0 Å². The van der Waals surface area contributed by atoms with Crippen molar-refractivity contribution in [2.75, 3.05) is 6.61 Å². The first-order valence-electron chi connectivity index (χ1n) is 5.89. The molecular formula is C13H16FNO2. The second-order valence-corrected chi connectivity index (χ2v) is 4.15. The van der Waals surface area contributed by atoms with E-state index in [1.165, 1.54) is 6.07 Å². The number of rotatable bonds is 5. The molecule has 0 heterocycles. The Kier molecular flexibility index (Phi) is 3.74. The van der Waals surface area contributed by atoms with Crippen molar-refractivity contribution in [2.24, 2.45) is 0 Å². The average Bonchev–Trinajstić information content (AvgIpc) is 3.11. The summed E-state index contributed by atoms with van der Waals surface area (Å²) in [5, 5.41) is 3.12. The van der Waals surface area contributed by atoms with Gasteiger partial charge in [-0.25, -0.2) is 9.18 Å². The molecule has 2 rings (SSSR count). The van der Waals surface area contributed by atoms with E-state index >= 15 is 0 Å². The second-order valence-electron chi connectivity index (χ2n) is 4.15. The molecule has 1 N–H and O–H groups in total. The van der Waals surface area contributed by atoms with Gasteiger partial charge >= 0.3 is 5.97 Å². The van der Waals surface area contributed by atoms with Crippen molar-refractivity contribution in [1.29, 1.82) is 0 Å². The molecule has 0 bridgehead atoms. The number of carbonyl (C=O) groups excluding carboxylic acids is 1. The summed E-state index contributed by atoms with van der Waals surface area (Å²) < 4.78 is 18.6. The largest absolute Gasteiger partial charge is 0.465 e. The highest BCUT2D eigenvalue weighted by Gasteiger charge is 2.31. The Labute approximate surface area is 100.0 Å². The van der Waals surface area contributed by atoms with Gasteiger partial charge in [-0.05, 0) is 25.8 Å². The Hall–Kier alpha value is -1.42. The number of hydrogen-bond donors (Lipinski definition) is 1. The number of halogens is 1. The van der Waals surface area contributed by atoms with E-state index in [4.69, 9.17) is 4.74 Å². The standard InChI is InChI=1S/C13H16FNO2/c1-2-17-13(16)12(15-9-7-8-9)10-5-3-4-6-11(10)14/h3-6,9,12,15H,2,7-8H2,1H3. The molecule has 1 aromatic rings. The van der Waals surface area contributed by atoms with Gasteiger partial charge in [0.25, 0.3) is 0 Å². The van der Waals surface area contributed by atoms with Gasteiger partial charge in [0.05, 0.1) is 6.61 Å². The van der Waals surface area contributed by atoms with Crippen LogP contribution in [0.15, 0.2) is 24.3 Å². The summed E-state index contributed by atoms with van der Waals surface area (Å²) in [4.78, 5) is 11.8. The molecule has 1 fully saturated rings.